The van der Waals surface area contributed by atoms with Crippen LogP contribution >= 0.6 is 22.9 Å². The Morgan fingerprint density at radius 1 is 1.16 bits per heavy atom. The second kappa shape index (κ2) is 12.0. The first-order chi connectivity index (χ1) is 18.3. The lowest BCUT2D eigenvalue weighted by Crippen LogP contribution is -2.39. The Balaban J connectivity index is 1.36. The van der Waals surface area contributed by atoms with E-state index in [1.54, 1.807) is 39.5 Å². The van der Waals surface area contributed by atoms with Crippen LogP contribution in [0.3, 0.4) is 0 Å². The summed E-state index contributed by atoms with van der Waals surface area (Å²) in [7, 11) is -3.59. The maximum Gasteiger partial charge on any atom is 0.260 e. The van der Waals surface area contributed by atoms with Crippen LogP contribution in [-0.4, -0.2) is 81.0 Å². The third-order valence-electron chi connectivity index (χ3n) is 7.13. The van der Waals surface area contributed by atoms with Gasteiger partial charge in [-0.3, -0.25) is 14.6 Å². The Kier molecular flexibility index (Phi) is 8.66. The van der Waals surface area contributed by atoms with E-state index in [4.69, 9.17) is 21.3 Å². The minimum atomic E-state index is -3.59. The van der Waals surface area contributed by atoms with Crippen molar-refractivity contribution in [2.24, 2.45) is 5.92 Å². The number of hydrogen-bond donors (Lipinski definition) is 0. The van der Waals surface area contributed by atoms with Gasteiger partial charge in [0.25, 0.3) is 5.91 Å². The molecule has 11 heteroatoms. The smallest absolute Gasteiger partial charge is 0.260 e. The number of rotatable bonds is 8. The molecule has 0 spiro atoms. The quantitative estimate of drug-likeness (QED) is 0.385. The third-order valence-corrected chi connectivity index (χ3v) is 10.3. The van der Waals surface area contributed by atoms with E-state index in [0.29, 0.717) is 41.3 Å². The standard InChI is InChI=1S/C27H33ClN4O4S2/c1-20-4-2-12-31(19-20)38(34,35)23-8-5-21(6-9-23)26(33)32(13-3-11-30-14-16-36-17-15-30)27-29-24-10-7-22(28)18-25(24)37-27/h5-10,18,20H,2-4,11-17,19H2,1H3. The van der Waals surface area contributed by atoms with Gasteiger partial charge in [-0.1, -0.05) is 29.9 Å². The lowest BCUT2D eigenvalue weighted by atomic mass is 10.0. The van der Waals surface area contributed by atoms with Crippen LogP contribution in [0.1, 0.15) is 36.5 Å². The van der Waals surface area contributed by atoms with Gasteiger partial charge in [0.1, 0.15) is 0 Å². The molecule has 0 saturated carbocycles. The summed E-state index contributed by atoms with van der Waals surface area (Å²) in [6.45, 7) is 7.73. The Morgan fingerprint density at radius 2 is 1.92 bits per heavy atom. The summed E-state index contributed by atoms with van der Waals surface area (Å²) in [5.41, 5.74) is 1.22. The summed E-state index contributed by atoms with van der Waals surface area (Å²) in [6, 6.07) is 11.8. The van der Waals surface area contributed by atoms with Gasteiger partial charge in [0.15, 0.2) is 5.13 Å². The van der Waals surface area contributed by atoms with Gasteiger partial charge >= 0.3 is 0 Å². The Hall–Kier alpha value is -2.08. The number of amides is 1. The molecule has 0 bridgehead atoms. The Morgan fingerprint density at radius 3 is 2.66 bits per heavy atom. The molecular formula is C27H33ClN4O4S2. The van der Waals surface area contributed by atoms with Gasteiger partial charge in [0.05, 0.1) is 28.3 Å². The summed E-state index contributed by atoms with van der Waals surface area (Å²) in [6.07, 6.45) is 2.69. The van der Waals surface area contributed by atoms with Crippen molar-refractivity contribution in [3.8, 4) is 0 Å². The second-order valence-electron chi connectivity index (χ2n) is 10.0. The van der Waals surface area contributed by atoms with Gasteiger partial charge in [-0.2, -0.15) is 4.31 Å². The van der Waals surface area contributed by atoms with Crippen LogP contribution in [0.15, 0.2) is 47.4 Å². The number of sulfonamides is 1. The fourth-order valence-corrected chi connectivity index (χ4v) is 7.87. The van der Waals surface area contributed by atoms with Crippen molar-refractivity contribution >= 4 is 54.2 Å². The zero-order valence-electron chi connectivity index (χ0n) is 21.5. The molecule has 0 N–H and O–H groups in total. The molecule has 2 saturated heterocycles. The molecule has 1 amide bonds. The zero-order valence-corrected chi connectivity index (χ0v) is 23.9. The van der Waals surface area contributed by atoms with E-state index in [9.17, 15) is 13.2 Å². The van der Waals surface area contributed by atoms with Crippen molar-refractivity contribution in [1.29, 1.82) is 0 Å². The van der Waals surface area contributed by atoms with Crippen molar-refractivity contribution in [2.75, 3.05) is 57.4 Å². The van der Waals surface area contributed by atoms with Gasteiger partial charge < -0.3 is 4.74 Å². The molecular weight excluding hydrogens is 544 g/mol. The van der Waals surface area contributed by atoms with Crippen LogP contribution in [0.25, 0.3) is 10.2 Å². The first kappa shape index (κ1) is 27.5. The highest BCUT2D eigenvalue weighted by atomic mass is 35.5. The summed E-state index contributed by atoms with van der Waals surface area (Å²) >= 11 is 7.61. The molecule has 1 atom stereocenters. The summed E-state index contributed by atoms with van der Waals surface area (Å²) < 4.78 is 34.3. The molecule has 38 heavy (non-hydrogen) atoms. The third kappa shape index (κ3) is 6.21. The van der Waals surface area contributed by atoms with Gasteiger partial charge in [0, 0.05) is 49.9 Å². The SMILES string of the molecule is CC1CCCN(S(=O)(=O)c2ccc(C(=O)N(CCCN3CCOCC3)c3nc4ccc(Cl)cc4s3)cc2)C1. The van der Waals surface area contributed by atoms with Crippen molar-refractivity contribution in [3.05, 3.63) is 53.1 Å². The van der Waals surface area contributed by atoms with Crippen LogP contribution in [0, 0.1) is 5.92 Å². The van der Waals surface area contributed by atoms with Crippen LogP contribution in [0.2, 0.25) is 5.02 Å². The van der Waals surface area contributed by atoms with Gasteiger partial charge in [-0.05, 0) is 67.6 Å². The fraction of sp³-hybridized carbons (Fsp3) is 0.481. The van der Waals surface area contributed by atoms with Gasteiger partial charge in [-0.15, -0.1) is 0 Å². The number of benzene rings is 2. The lowest BCUT2D eigenvalue weighted by molar-refractivity contribution is 0.0376. The summed E-state index contributed by atoms with van der Waals surface area (Å²) in [5.74, 6) is 0.141. The molecule has 8 nitrogen and oxygen atoms in total. The summed E-state index contributed by atoms with van der Waals surface area (Å²) in [4.78, 5) is 22.7. The molecule has 2 fully saturated rings. The Labute approximate surface area is 233 Å². The first-order valence-corrected chi connectivity index (χ1v) is 15.7. The van der Waals surface area contributed by atoms with Crippen molar-refractivity contribution in [1.82, 2.24) is 14.2 Å². The average Bonchev–Trinajstić information content (AvgIpc) is 3.34. The number of morpholine rings is 1. The van der Waals surface area contributed by atoms with Crippen LogP contribution < -0.4 is 4.90 Å². The number of nitrogens with zero attached hydrogens (tertiary/aromatic N) is 4. The Bertz CT molecular complexity index is 1370. The fourth-order valence-electron chi connectivity index (χ4n) is 5.00. The van der Waals surface area contributed by atoms with Gasteiger partial charge in [0.2, 0.25) is 10.0 Å². The van der Waals surface area contributed by atoms with E-state index in [2.05, 4.69) is 11.8 Å². The van der Waals surface area contributed by atoms with Crippen LogP contribution in [-0.2, 0) is 14.8 Å². The van der Waals surface area contributed by atoms with Gasteiger partial charge in [-0.25, -0.2) is 13.4 Å². The van der Waals surface area contributed by atoms with Crippen molar-refractivity contribution < 1.29 is 17.9 Å². The molecule has 0 radical (unpaired) electrons. The van der Waals surface area contributed by atoms with E-state index >= 15 is 0 Å². The van der Waals surface area contributed by atoms with E-state index in [0.717, 1.165) is 62.3 Å². The lowest BCUT2D eigenvalue weighted by Gasteiger charge is -2.30. The largest absolute Gasteiger partial charge is 0.379 e. The number of ether oxygens (including phenoxy) is 1. The van der Waals surface area contributed by atoms with E-state index in [1.165, 1.54) is 11.3 Å². The molecule has 3 heterocycles. The highest BCUT2D eigenvalue weighted by Crippen LogP contribution is 2.32. The predicted octanol–water partition coefficient (Wildman–Crippen LogP) is 4.74. The molecule has 204 valence electrons. The number of aromatic nitrogens is 1. The van der Waals surface area contributed by atoms with Crippen molar-refractivity contribution in [2.45, 2.75) is 31.1 Å². The molecule has 2 aromatic carbocycles. The number of carbonyl (C=O) groups is 1. The number of hydrogen-bond acceptors (Lipinski definition) is 7. The molecule has 0 aliphatic carbocycles. The minimum absolute atomic E-state index is 0.201. The number of halogens is 1. The molecule has 3 aromatic rings. The highest BCUT2D eigenvalue weighted by Gasteiger charge is 2.29. The van der Waals surface area contributed by atoms with E-state index in [-0.39, 0.29) is 10.8 Å². The normalized spacial score (nSPS) is 19.6. The number of thiazole rings is 1. The molecule has 2 aliphatic rings. The second-order valence-corrected chi connectivity index (χ2v) is 13.4. The summed E-state index contributed by atoms with van der Waals surface area (Å²) in [5, 5.41) is 1.23. The topological polar surface area (TPSA) is 83.1 Å². The average molecular weight is 577 g/mol. The predicted molar refractivity (Wildman–Crippen MR) is 152 cm³/mol. The molecule has 5 rings (SSSR count). The monoisotopic (exact) mass is 576 g/mol. The van der Waals surface area contributed by atoms with E-state index in [1.807, 2.05) is 12.1 Å². The number of anilines is 1. The molecule has 1 aromatic heterocycles. The molecule has 2 aliphatic heterocycles. The first-order valence-electron chi connectivity index (χ1n) is 13.1. The van der Waals surface area contributed by atoms with Crippen LogP contribution in [0.5, 0.6) is 0 Å². The minimum Gasteiger partial charge on any atom is -0.379 e. The maximum atomic E-state index is 13.7. The number of piperidine rings is 1. The molecule has 1 unspecified atom stereocenters. The van der Waals surface area contributed by atoms with E-state index < -0.39 is 10.0 Å². The zero-order chi connectivity index (χ0) is 26.7. The highest BCUT2D eigenvalue weighted by molar-refractivity contribution is 7.89. The number of carbonyl (C=O) groups excluding carboxylic acids is 1. The van der Waals surface area contributed by atoms with Crippen molar-refractivity contribution in [3.63, 3.8) is 0 Å². The number of fused-ring (bicyclic) bond motifs is 1. The maximum absolute atomic E-state index is 13.7. The van der Waals surface area contributed by atoms with Crippen LogP contribution in [0.4, 0.5) is 5.13 Å².